The topological polar surface area (TPSA) is 21.3 Å². The highest BCUT2D eigenvalue weighted by molar-refractivity contribution is 5.40. The molecule has 1 atom stereocenters. The molecule has 0 saturated carbocycles. The zero-order chi connectivity index (χ0) is 14.8. The molecule has 0 saturated heterocycles. The van der Waals surface area contributed by atoms with Gasteiger partial charge in [0, 0.05) is 19.0 Å². The molecule has 2 nitrogen and oxygen atoms in total. The number of rotatable bonds is 4. The van der Waals surface area contributed by atoms with E-state index in [-0.39, 0.29) is 0 Å². The van der Waals surface area contributed by atoms with Crippen LogP contribution < -0.4 is 10.1 Å². The van der Waals surface area contributed by atoms with Gasteiger partial charge in [-0.3, -0.25) is 0 Å². The Kier molecular flexibility index (Phi) is 3.98. The quantitative estimate of drug-likeness (QED) is 0.911. The molecule has 2 heteroatoms. The lowest BCUT2D eigenvalue weighted by Crippen LogP contribution is -2.19. The van der Waals surface area contributed by atoms with Crippen molar-refractivity contribution in [2.75, 3.05) is 6.61 Å². The van der Waals surface area contributed by atoms with Crippen molar-refractivity contribution in [3.63, 3.8) is 0 Å². The Morgan fingerprint density at radius 2 is 2.00 bits per heavy atom. The maximum Gasteiger partial charge on any atom is 0.122 e. The first-order valence-electron chi connectivity index (χ1n) is 7.68. The molecule has 0 radical (unpaired) electrons. The standard InChI is InChI=1S/C19H23NO/c1-13-4-5-14(2)18(10-13)15(3)20-12-16-6-7-19-17(11-16)8-9-21-19/h4-7,10-11,15,20H,8-9,12H2,1-3H3. The number of nitrogens with one attached hydrogen (secondary N) is 1. The summed E-state index contributed by atoms with van der Waals surface area (Å²) in [6, 6.07) is 13.5. The van der Waals surface area contributed by atoms with E-state index in [2.05, 4.69) is 62.5 Å². The number of hydrogen-bond donors (Lipinski definition) is 1. The van der Waals surface area contributed by atoms with Crippen LogP contribution >= 0.6 is 0 Å². The second kappa shape index (κ2) is 5.90. The van der Waals surface area contributed by atoms with Gasteiger partial charge in [0.15, 0.2) is 0 Å². The Hall–Kier alpha value is -1.80. The van der Waals surface area contributed by atoms with E-state index in [1.54, 1.807) is 0 Å². The lowest BCUT2D eigenvalue weighted by Gasteiger charge is -2.17. The van der Waals surface area contributed by atoms with Gasteiger partial charge >= 0.3 is 0 Å². The minimum atomic E-state index is 0.356. The van der Waals surface area contributed by atoms with E-state index < -0.39 is 0 Å². The van der Waals surface area contributed by atoms with Crippen LogP contribution in [-0.2, 0) is 13.0 Å². The third-order valence-corrected chi connectivity index (χ3v) is 4.27. The fraction of sp³-hybridized carbons (Fsp3) is 0.368. The Morgan fingerprint density at radius 3 is 2.86 bits per heavy atom. The Labute approximate surface area is 127 Å². The highest BCUT2D eigenvalue weighted by Gasteiger charge is 2.13. The molecule has 3 rings (SSSR count). The van der Waals surface area contributed by atoms with Crippen LogP contribution in [0.25, 0.3) is 0 Å². The van der Waals surface area contributed by atoms with E-state index in [9.17, 15) is 0 Å². The van der Waals surface area contributed by atoms with E-state index >= 15 is 0 Å². The second-order valence-corrected chi connectivity index (χ2v) is 6.00. The third-order valence-electron chi connectivity index (χ3n) is 4.27. The van der Waals surface area contributed by atoms with E-state index in [1.165, 1.54) is 27.8 Å². The van der Waals surface area contributed by atoms with Crippen molar-refractivity contribution in [2.24, 2.45) is 0 Å². The number of ether oxygens (including phenoxy) is 1. The summed E-state index contributed by atoms with van der Waals surface area (Å²) in [6.45, 7) is 8.28. The average Bonchev–Trinajstić information content (AvgIpc) is 2.94. The summed E-state index contributed by atoms with van der Waals surface area (Å²) in [5, 5.41) is 3.63. The summed E-state index contributed by atoms with van der Waals surface area (Å²) >= 11 is 0. The molecule has 2 aromatic rings. The maximum absolute atomic E-state index is 5.56. The molecule has 0 spiro atoms. The van der Waals surface area contributed by atoms with Crippen LogP contribution in [0.15, 0.2) is 36.4 Å². The molecule has 1 unspecified atom stereocenters. The molecule has 0 aromatic heterocycles. The fourth-order valence-electron chi connectivity index (χ4n) is 2.96. The molecular formula is C19H23NO. The van der Waals surface area contributed by atoms with E-state index in [0.717, 1.165) is 25.3 Å². The van der Waals surface area contributed by atoms with E-state index in [0.29, 0.717) is 6.04 Å². The molecule has 110 valence electrons. The normalized spacial score (nSPS) is 14.6. The smallest absolute Gasteiger partial charge is 0.122 e. The molecule has 0 fully saturated rings. The minimum Gasteiger partial charge on any atom is -0.493 e. The van der Waals surface area contributed by atoms with Crippen LogP contribution in [0.1, 0.15) is 40.8 Å². The highest BCUT2D eigenvalue weighted by atomic mass is 16.5. The molecule has 0 amide bonds. The largest absolute Gasteiger partial charge is 0.493 e. The van der Waals surface area contributed by atoms with Gasteiger partial charge in [-0.1, -0.05) is 35.9 Å². The molecule has 1 aliphatic rings. The van der Waals surface area contributed by atoms with Gasteiger partial charge in [0.2, 0.25) is 0 Å². The fourth-order valence-corrected chi connectivity index (χ4v) is 2.96. The van der Waals surface area contributed by atoms with Crippen LogP contribution in [0.3, 0.4) is 0 Å². The SMILES string of the molecule is Cc1ccc(C)c(C(C)NCc2ccc3c(c2)CCO3)c1. The van der Waals surface area contributed by atoms with Crippen molar-refractivity contribution in [3.8, 4) is 5.75 Å². The van der Waals surface area contributed by atoms with Gasteiger partial charge in [0.25, 0.3) is 0 Å². The van der Waals surface area contributed by atoms with Gasteiger partial charge in [-0.25, -0.2) is 0 Å². The van der Waals surface area contributed by atoms with Gasteiger partial charge in [-0.2, -0.15) is 0 Å². The minimum absolute atomic E-state index is 0.356. The van der Waals surface area contributed by atoms with Crippen LogP contribution in [0, 0.1) is 13.8 Å². The van der Waals surface area contributed by atoms with Gasteiger partial charge in [-0.05, 0) is 49.1 Å². The van der Waals surface area contributed by atoms with Crippen molar-refractivity contribution in [1.29, 1.82) is 0 Å². The van der Waals surface area contributed by atoms with Crippen molar-refractivity contribution < 1.29 is 4.74 Å². The lowest BCUT2D eigenvalue weighted by atomic mass is 9.99. The van der Waals surface area contributed by atoms with Gasteiger partial charge in [0.05, 0.1) is 6.61 Å². The molecule has 2 aromatic carbocycles. The summed E-state index contributed by atoms with van der Waals surface area (Å²) in [5.74, 6) is 1.06. The number of fused-ring (bicyclic) bond motifs is 1. The molecule has 0 bridgehead atoms. The van der Waals surface area contributed by atoms with Crippen molar-refractivity contribution in [2.45, 2.75) is 39.8 Å². The summed E-state index contributed by atoms with van der Waals surface area (Å²) in [7, 11) is 0. The number of hydrogen-bond acceptors (Lipinski definition) is 2. The Morgan fingerprint density at radius 1 is 1.14 bits per heavy atom. The monoisotopic (exact) mass is 281 g/mol. The Balaban J connectivity index is 1.68. The van der Waals surface area contributed by atoms with Gasteiger partial charge in [-0.15, -0.1) is 0 Å². The average molecular weight is 281 g/mol. The second-order valence-electron chi connectivity index (χ2n) is 6.00. The number of aryl methyl sites for hydroxylation is 2. The molecule has 1 heterocycles. The molecule has 1 N–H and O–H groups in total. The van der Waals surface area contributed by atoms with Crippen LogP contribution in [0.4, 0.5) is 0 Å². The molecule has 21 heavy (non-hydrogen) atoms. The highest BCUT2D eigenvalue weighted by Crippen LogP contribution is 2.26. The summed E-state index contributed by atoms with van der Waals surface area (Å²) in [6.07, 6.45) is 1.04. The van der Waals surface area contributed by atoms with Crippen LogP contribution in [-0.4, -0.2) is 6.61 Å². The zero-order valence-corrected chi connectivity index (χ0v) is 13.1. The first-order valence-corrected chi connectivity index (χ1v) is 7.68. The first kappa shape index (κ1) is 14.2. The lowest BCUT2D eigenvalue weighted by molar-refractivity contribution is 0.357. The predicted octanol–water partition coefficient (Wildman–Crippen LogP) is 4.09. The Bertz CT molecular complexity index is 648. The van der Waals surface area contributed by atoms with Gasteiger partial charge < -0.3 is 10.1 Å². The van der Waals surface area contributed by atoms with Crippen molar-refractivity contribution in [1.82, 2.24) is 5.32 Å². The predicted molar refractivity (Wildman–Crippen MR) is 86.8 cm³/mol. The third kappa shape index (κ3) is 3.11. The summed E-state index contributed by atoms with van der Waals surface area (Å²) in [4.78, 5) is 0. The summed E-state index contributed by atoms with van der Waals surface area (Å²) < 4.78 is 5.56. The maximum atomic E-state index is 5.56. The zero-order valence-electron chi connectivity index (χ0n) is 13.1. The molecule has 0 aliphatic carbocycles. The van der Waals surface area contributed by atoms with Crippen molar-refractivity contribution in [3.05, 3.63) is 64.2 Å². The molecule has 1 aliphatic heterocycles. The van der Waals surface area contributed by atoms with Gasteiger partial charge in [0.1, 0.15) is 5.75 Å². The van der Waals surface area contributed by atoms with Crippen LogP contribution in [0.2, 0.25) is 0 Å². The number of benzene rings is 2. The van der Waals surface area contributed by atoms with Crippen LogP contribution in [0.5, 0.6) is 5.75 Å². The first-order chi connectivity index (χ1) is 10.1. The van der Waals surface area contributed by atoms with Crippen molar-refractivity contribution >= 4 is 0 Å². The summed E-state index contributed by atoms with van der Waals surface area (Å²) in [5.41, 5.74) is 6.73. The van der Waals surface area contributed by atoms with E-state index in [4.69, 9.17) is 4.74 Å². The van der Waals surface area contributed by atoms with E-state index in [1.807, 2.05) is 0 Å². The molecular weight excluding hydrogens is 258 g/mol.